The van der Waals surface area contributed by atoms with Gasteiger partial charge in [-0.15, -0.1) is 0 Å². The van der Waals surface area contributed by atoms with Crippen molar-refractivity contribution >= 4 is 10.8 Å². The molecular weight excluding hydrogens is 332 g/mol. The number of piperazine rings is 1. The molecule has 2 aromatic rings. The zero-order valence-corrected chi connectivity index (χ0v) is 16.9. The quantitative estimate of drug-likeness (QED) is 0.882. The third-order valence-electron chi connectivity index (χ3n) is 7.02. The summed E-state index contributed by atoms with van der Waals surface area (Å²) in [5.41, 5.74) is 0.754. The molecule has 1 aliphatic carbocycles. The molecule has 0 radical (unpaired) electrons. The number of benzene rings is 2. The molecule has 1 unspecified atom stereocenters. The van der Waals surface area contributed by atoms with Crippen LogP contribution in [0.2, 0.25) is 0 Å². The molecule has 0 aromatic heterocycles. The van der Waals surface area contributed by atoms with Gasteiger partial charge in [0.15, 0.2) is 0 Å². The molecule has 1 N–H and O–H groups in total. The Morgan fingerprint density at radius 3 is 2.41 bits per heavy atom. The van der Waals surface area contributed by atoms with Crippen LogP contribution in [0, 0.1) is 5.92 Å². The van der Waals surface area contributed by atoms with Crippen molar-refractivity contribution in [1.29, 1.82) is 0 Å². The summed E-state index contributed by atoms with van der Waals surface area (Å²) in [6, 6.07) is 15.3. The molecule has 1 aliphatic heterocycles. The van der Waals surface area contributed by atoms with Gasteiger partial charge in [0.05, 0.1) is 5.60 Å². The second kappa shape index (κ2) is 7.90. The minimum atomic E-state index is -0.583. The highest BCUT2D eigenvalue weighted by Gasteiger charge is 2.41. The fraction of sp³-hybridized carbons (Fsp3) is 0.583. The Kier molecular flexibility index (Phi) is 5.54. The Morgan fingerprint density at radius 2 is 1.67 bits per heavy atom. The molecule has 3 nitrogen and oxygen atoms in total. The van der Waals surface area contributed by atoms with Crippen LogP contribution in [0.3, 0.4) is 0 Å². The van der Waals surface area contributed by atoms with Crippen molar-refractivity contribution in [2.24, 2.45) is 5.92 Å². The van der Waals surface area contributed by atoms with Crippen LogP contribution in [0.5, 0.6) is 0 Å². The van der Waals surface area contributed by atoms with Gasteiger partial charge in [-0.3, -0.25) is 0 Å². The van der Waals surface area contributed by atoms with E-state index in [0.717, 1.165) is 64.3 Å². The lowest BCUT2D eigenvalue weighted by Crippen LogP contribution is -2.50. The number of likely N-dealkylation sites (N-methyl/N-ethyl adjacent to an activating group) is 1. The summed E-state index contributed by atoms with van der Waals surface area (Å²) in [6.07, 6.45) is 4.13. The van der Waals surface area contributed by atoms with Crippen molar-refractivity contribution in [2.45, 2.75) is 44.1 Å². The molecule has 0 amide bonds. The maximum atomic E-state index is 11.8. The number of aliphatic hydroxyl groups is 1. The number of rotatable bonds is 4. The summed E-state index contributed by atoms with van der Waals surface area (Å²) in [5, 5.41) is 14.4. The molecule has 1 saturated carbocycles. The van der Waals surface area contributed by atoms with Crippen molar-refractivity contribution in [3.05, 3.63) is 48.0 Å². The average Bonchev–Trinajstić information content (AvgIpc) is 2.69. The maximum Gasteiger partial charge on any atom is 0.0728 e. The molecule has 0 spiro atoms. The Labute approximate surface area is 164 Å². The smallest absolute Gasteiger partial charge is 0.0728 e. The van der Waals surface area contributed by atoms with E-state index in [9.17, 15) is 5.11 Å². The van der Waals surface area contributed by atoms with E-state index in [1.54, 1.807) is 0 Å². The predicted octanol–water partition coefficient (Wildman–Crippen LogP) is 4.11. The lowest BCUT2D eigenvalue weighted by Gasteiger charge is -2.44. The van der Waals surface area contributed by atoms with Crippen molar-refractivity contribution in [3.8, 4) is 0 Å². The van der Waals surface area contributed by atoms with Crippen LogP contribution in [0.25, 0.3) is 10.8 Å². The first-order chi connectivity index (χ1) is 13.0. The van der Waals surface area contributed by atoms with Crippen LogP contribution in [0.15, 0.2) is 42.5 Å². The highest BCUT2D eigenvalue weighted by molar-refractivity contribution is 5.86. The fourth-order valence-electron chi connectivity index (χ4n) is 5.01. The summed E-state index contributed by atoms with van der Waals surface area (Å²) in [4.78, 5) is 4.98. The van der Waals surface area contributed by atoms with E-state index < -0.39 is 5.60 Å². The number of nitrogens with zero attached hydrogens (tertiary/aromatic N) is 2. The maximum absolute atomic E-state index is 11.8. The Morgan fingerprint density at radius 1 is 1.00 bits per heavy atom. The van der Waals surface area contributed by atoms with Gasteiger partial charge >= 0.3 is 0 Å². The van der Waals surface area contributed by atoms with E-state index in [4.69, 9.17) is 0 Å². The monoisotopic (exact) mass is 366 g/mol. The molecular formula is C24H34N2O. The molecule has 4 rings (SSSR count). The lowest BCUT2D eigenvalue weighted by atomic mass is 9.69. The van der Waals surface area contributed by atoms with Gasteiger partial charge < -0.3 is 14.9 Å². The van der Waals surface area contributed by atoms with E-state index in [1.807, 2.05) is 0 Å². The number of fused-ring (bicyclic) bond motifs is 1. The zero-order chi connectivity index (χ0) is 18.9. The highest BCUT2D eigenvalue weighted by atomic mass is 16.3. The molecule has 146 valence electrons. The lowest BCUT2D eigenvalue weighted by molar-refractivity contribution is -0.0420. The standard InChI is InChI=1S/C24H34N2O/c1-19-10-12-24(27,13-11-19)23(18-26-16-14-25(2)15-17-26)22-9-5-7-20-6-3-4-8-21(20)22/h3-9,19,23,27H,10-18H2,1-2H3. The van der Waals surface area contributed by atoms with E-state index in [-0.39, 0.29) is 5.92 Å². The van der Waals surface area contributed by atoms with Gasteiger partial charge in [0.1, 0.15) is 0 Å². The summed E-state index contributed by atoms with van der Waals surface area (Å²) in [7, 11) is 2.20. The van der Waals surface area contributed by atoms with Crippen LogP contribution in [0.4, 0.5) is 0 Å². The molecule has 1 atom stereocenters. The largest absolute Gasteiger partial charge is 0.389 e. The third kappa shape index (κ3) is 4.06. The topological polar surface area (TPSA) is 26.7 Å². The van der Waals surface area contributed by atoms with Gasteiger partial charge in [0.2, 0.25) is 0 Å². The van der Waals surface area contributed by atoms with E-state index in [2.05, 4.69) is 66.2 Å². The van der Waals surface area contributed by atoms with Crippen molar-refractivity contribution in [1.82, 2.24) is 9.80 Å². The first-order valence-electron chi connectivity index (χ1n) is 10.7. The summed E-state index contributed by atoms with van der Waals surface area (Å²) in [5.74, 6) is 0.918. The summed E-state index contributed by atoms with van der Waals surface area (Å²) in [6.45, 7) is 7.74. The molecule has 1 saturated heterocycles. The molecule has 27 heavy (non-hydrogen) atoms. The van der Waals surface area contributed by atoms with Crippen molar-refractivity contribution in [3.63, 3.8) is 0 Å². The zero-order valence-electron chi connectivity index (χ0n) is 16.9. The fourth-order valence-corrected chi connectivity index (χ4v) is 5.01. The van der Waals surface area contributed by atoms with Crippen LogP contribution >= 0.6 is 0 Å². The molecule has 2 aromatic carbocycles. The Bertz CT molecular complexity index is 753. The number of hydrogen-bond donors (Lipinski definition) is 1. The first kappa shape index (κ1) is 18.9. The first-order valence-corrected chi connectivity index (χ1v) is 10.7. The Hall–Kier alpha value is -1.42. The second-order valence-corrected chi connectivity index (χ2v) is 9.01. The second-order valence-electron chi connectivity index (χ2n) is 9.01. The van der Waals surface area contributed by atoms with Crippen LogP contribution in [0.1, 0.15) is 44.1 Å². The normalized spacial score (nSPS) is 29.1. The predicted molar refractivity (Wildman–Crippen MR) is 113 cm³/mol. The van der Waals surface area contributed by atoms with E-state index >= 15 is 0 Å². The molecule has 2 fully saturated rings. The molecule has 0 bridgehead atoms. The van der Waals surface area contributed by atoms with E-state index in [1.165, 1.54) is 16.3 Å². The SMILES string of the molecule is CC1CCC(O)(C(CN2CCN(C)CC2)c2cccc3ccccc23)CC1. The summed E-state index contributed by atoms with van der Waals surface area (Å²) < 4.78 is 0. The van der Waals surface area contributed by atoms with Gasteiger partial charge in [-0.2, -0.15) is 0 Å². The van der Waals surface area contributed by atoms with E-state index in [0.29, 0.717) is 0 Å². The van der Waals surface area contributed by atoms with Crippen LogP contribution in [-0.2, 0) is 0 Å². The number of hydrogen-bond acceptors (Lipinski definition) is 3. The van der Waals surface area contributed by atoms with Crippen LogP contribution in [-0.4, -0.2) is 60.3 Å². The minimum Gasteiger partial charge on any atom is -0.389 e. The molecule has 3 heteroatoms. The van der Waals surface area contributed by atoms with Gasteiger partial charge in [-0.25, -0.2) is 0 Å². The molecule has 1 heterocycles. The van der Waals surface area contributed by atoms with Gasteiger partial charge in [-0.05, 0) is 55.0 Å². The van der Waals surface area contributed by atoms with Gasteiger partial charge in [0, 0.05) is 38.6 Å². The Balaban J connectivity index is 1.69. The van der Waals surface area contributed by atoms with Gasteiger partial charge in [0.25, 0.3) is 0 Å². The van der Waals surface area contributed by atoms with Crippen molar-refractivity contribution < 1.29 is 5.11 Å². The molecule has 2 aliphatic rings. The van der Waals surface area contributed by atoms with Crippen molar-refractivity contribution in [2.75, 3.05) is 39.8 Å². The van der Waals surface area contributed by atoms with Gasteiger partial charge in [-0.1, -0.05) is 49.4 Å². The average molecular weight is 367 g/mol. The minimum absolute atomic E-state index is 0.180. The summed E-state index contributed by atoms with van der Waals surface area (Å²) >= 11 is 0. The van der Waals surface area contributed by atoms with Crippen LogP contribution < -0.4 is 0 Å². The third-order valence-corrected chi connectivity index (χ3v) is 7.02. The highest BCUT2D eigenvalue weighted by Crippen LogP contribution is 2.44.